The van der Waals surface area contributed by atoms with Gasteiger partial charge in [0.05, 0.1) is 24.2 Å². The summed E-state index contributed by atoms with van der Waals surface area (Å²) in [7, 11) is -4.58. The lowest BCUT2D eigenvalue weighted by Crippen LogP contribution is -2.61. The van der Waals surface area contributed by atoms with Crippen molar-refractivity contribution in [3.05, 3.63) is 0 Å². The molecule has 0 aromatic rings. The summed E-state index contributed by atoms with van der Waals surface area (Å²) in [5.74, 6) is -0.322. The molecule has 0 spiro atoms. The molecule has 7 N–H and O–H groups in total. The SMILES string of the molecule is CC1(C)C[C@@H](C(=O)NOCC2(N)CCNC2)NC[C@@H]1NOS(=O)(=O)O. The third kappa shape index (κ3) is 6.11. The van der Waals surface area contributed by atoms with Crippen LogP contribution in [0.3, 0.4) is 0 Å². The number of hydroxylamine groups is 2. The van der Waals surface area contributed by atoms with Gasteiger partial charge in [-0.15, -0.1) is 0 Å². The molecule has 12 heteroatoms. The fraction of sp³-hybridized carbons (Fsp3) is 0.923. The maximum atomic E-state index is 12.2. The molecule has 1 amide bonds. The Kier molecular flexibility index (Phi) is 6.38. The molecule has 2 saturated heterocycles. The van der Waals surface area contributed by atoms with Crippen molar-refractivity contribution in [2.75, 3.05) is 26.2 Å². The number of hydrogen-bond donors (Lipinski definition) is 6. The molecule has 3 atom stereocenters. The minimum absolute atomic E-state index is 0.217. The first-order valence-corrected chi connectivity index (χ1v) is 9.43. The Bertz CT molecular complexity index is 577. The number of hydrogen-bond acceptors (Lipinski definition) is 9. The predicted molar refractivity (Wildman–Crippen MR) is 88.2 cm³/mol. The number of rotatable bonds is 7. The van der Waals surface area contributed by atoms with Gasteiger partial charge in [-0.3, -0.25) is 14.2 Å². The number of nitrogens with two attached hydrogens (primary N) is 1. The van der Waals surface area contributed by atoms with Crippen LogP contribution in [0.1, 0.15) is 26.7 Å². The van der Waals surface area contributed by atoms with Gasteiger partial charge in [-0.05, 0) is 24.8 Å². The Balaban J connectivity index is 1.78. The number of carbonyl (C=O) groups is 1. The van der Waals surface area contributed by atoms with Crippen LogP contribution in [0.2, 0.25) is 0 Å². The van der Waals surface area contributed by atoms with Crippen molar-refractivity contribution in [1.82, 2.24) is 21.6 Å². The summed E-state index contributed by atoms with van der Waals surface area (Å²) in [5, 5.41) is 6.14. The summed E-state index contributed by atoms with van der Waals surface area (Å²) in [6, 6.07) is -0.925. The van der Waals surface area contributed by atoms with Crippen molar-refractivity contribution < 1.29 is 26.9 Å². The van der Waals surface area contributed by atoms with Crippen molar-refractivity contribution >= 4 is 16.3 Å². The molecule has 2 rings (SSSR count). The van der Waals surface area contributed by atoms with Gasteiger partial charge in [0, 0.05) is 13.1 Å². The second-order valence-corrected chi connectivity index (χ2v) is 8.40. The average Bonchev–Trinajstić information content (AvgIpc) is 2.91. The highest BCUT2D eigenvalue weighted by Crippen LogP contribution is 2.30. The number of carbonyl (C=O) groups excluding carboxylic acids is 1. The Morgan fingerprint density at radius 1 is 1.44 bits per heavy atom. The van der Waals surface area contributed by atoms with Crippen molar-refractivity contribution in [3.63, 3.8) is 0 Å². The molecule has 2 aliphatic heterocycles. The van der Waals surface area contributed by atoms with Crippen molar-refractivity contribution in [2.24, 2.45) is 11.1 Å². The zero-order chi connectivity index (χ0) is 18.7. The minimum atomic E-state index is -4.58. The van der Waals surface area contributed by atoms with Gasteiger partial charge in [0.25, 0.3) is 5.91 Å². The monoisotopic (exact) mass is 381 g/mol. The van der Waals surface area contributed by atoms with Crippen LogP contribution in [0.4, 0.5) is 0 Å². The summed E-state index contributed by atoms with van der Waals surface area (Å²) in [6.45, 7) is 5.67. The highest BCUT2D eigenvalue weighted by molar-refractivity contribution is 7.80. The molecule has 0 aliphatic carbocycles. The Hall–Kier alpha value is -0.860. The third-order valence-corrected chi connectivity index (χ3v) is 4.97. The highest BCUT2D eigenvalue weighted by Gasteiger charge is 2.40. The summed E-state index contributed by atoms with van der Waals surface area (Å²) < 4.78 is 34.2. The lowest BCUT2D eigenvalue weighted by atomic mass is 9.76. The van der Waals surface area contributed by atoms with Crippen LogP contribution in [0.15, 0.2) is 0 Å². The van der Waals surface area contributed by atoms with Crippen LogP contribution >= 0.6 is 0 Å². The molecule has 0 aromatic heterocycles. The second kappa shape index (κ2) is 7.80. The first-order valence-electron chi connectivity index (χ1n) is 8.07. The van der Waals surface area contributed by atoms with Crippen LogP contribution in [-0.4, -0.2) is 62.7 Å². The van der Waals surface area contributed by atoms with E-state index in [0.29, 0.717) is 13.0 Å². The molecule has 25 heavy (non-hydrogen) atoms. The first-order chi connectivity index (χ1) is 11.5. The quantitative estimate of drug-likeness (QED) is 0.211. The normalized spacial score (nSPS) is 32.5. The molecule has 0 saturated carbocycles. The lowest BCUT2D eigenvalue weighted by molar-refractivity contribution is -0.139. The van der Waals surface area contributed by atoms with E-state index in [1.54, 1.807) is 0 Å². The smallest absolute Gasteiger partial charge is 0.322 e. The second-order valence-electron chi connectivity index (χ2n) is 7.38. The first kappa shape index (κ1) is 20.5. The summed E-state index contributed by atoms with van der Waals surface area (Å²) in [6.07, 6.45) is 1.18. The fourth-order valence-corrected chi connectivity index (χ4v) is 3.23. The van der Waals surface area contributed by atoms with E-state index in [9.17, 15) is 13.2 Å². The van der Waals surface area contributed by atoms with Crippen LogP contribution in [0.5, 0.6) is 0 Å². The molecule has 1 unspecified atom stereocenters. The van der Waals surface area contributed by atoms with E-state index in [4.69, 9.17) is 15.1 Å². The molecule has 0 radical (unpaired) electrons. The summed E-state index contributed by atoms with van der Waals surface area (Å²) >= 11 is 0. The summed E-state index contributed by atoms with van der Waals surface area (Å²) in [4.78, 5) is 17.5. The number of amides is 1. The molecule has 2 fully saturated rings. The molecular formula is C13H27N5O6S. The average molecular weight is 381 g/mol. The molecule has 2 heterocycles. The topological polar surface area (TPSA) is 164 Å². The van der Waals surface area contributed by atoms with Gasteiger partial charge in [0.15, 0.2) is 0 Å². The van der Waals surface area contributed by atoms with Gasteiger partial charge < -0.3 is 16.4 Å². The molecule has 0 aromatic carbocycles. The van der Waals surface area contributed by atoms with E-state index in [1.165, 1.54) is 0 Å². The maximum absolute atomic E-state index is 12.2. The molecular weight excluding hydrogens is 354 g/mol. The van der Waals surface area contributed by atoms with Gasteiger partial charge in [-0.2, -0.15) is 18.2 Å². The van der Waals surface area contributed by atoms with Crippen LogP contribution in [0.25, 0.3) is 0 Å². The van der Waals surface area contributed by atoms with E-state index in [2.05, 4.69) is 25.9 Å². The Morgan fingerprint density at radius 3 is 2.72 bits per heavy atom. The van der Waals surface area contributed by atoms with E-state index >= 15 is 0 Å². The van der Waals surface area contributed by atoms with Gasteiger partial charge >= 0.3 is 10.4 Å². The van der Waals surface area contributed by atoms with Crippen molar-refractivity contribution in [1.29, 1.82) is 0 Å². The summed E-state index contributed by atoms with van der Waals surface area (Å²) in [5.41, 5.74) is 9.89. The highest BCUT2D eigenvalue weighted by atomic mass is 32.3. The molecule has 146 valence electrons. The molecule has 0 bridgehead atoms. The molecule has 11 nitrogen and oxygen atoms in total. The Morgan fingerprint density at radius 2 is 2.16 bits per heavy atom. The predicted octanol–water partition coefficient (Wildman–Crippen LogP) is -2.19. The van der Waals surface area contributed by atoms with Gasteiger partial charge in [-0.25, -0.2) is 5.48 Å². The van der Waals surface area contributed by atoms with Crippen LogP contribution in [-0.2, 0) is 24.3 Å². The molecule has 2 aliphatic rings. The van der Waals surface area contributed by atoms with Crippen LogP contribution < -0.4 is 27.3 Å². The standard InChI is InChI=1S/C13H27N5O6S/c1-12(2)5-9(16-6-10(12)17-24-25(20,21)22)11(19)18-23-8-13(14)3-4-15-7-13/h9-10,15-17H,3-8,14H2,1-2H3,(H,18,19)(H,20,21,22)/t9-,10-,13?/m0/s1. The van der Waals surface area contributed by atoms with Crippen molar-refractivity contribution in [3.8, 4) is 0 Å². The largest absolute Gasteiger partial charge is 0.413 e. The van der Waals surface area contributed by atoms with Crippen molar-refractivity contribution in [2.45, 2.75) is 44.3 Å². The zero-order valence-corrected chi connectivity index (χ0v) is 15.2. The third-order valence-electron chi connectivity index (χ3n) is 4.66. The van der Waals surface area contributed by atoms with E-state index < -0.39 is 33.4 Å². The Labute approximate surface area is 147 Å². The lowest BCUT2D eigenvalue weighted by Gasteiger charge is -2.41. The van der Waals surface area contributed by atoms with Crippen LogP contribution in [0, 0.1) is 5.41 Å². The van der Waals surface area contributed by atoms with E-state index in [-0.39, 0.29) is 19.1 Å². The van der Waals surface area contributed by atoms with E-state index in [1.807, 2.05) is 13.8 Å². The minimum Gasteiger partial charge on any atom is -0.322 e. The van der Waals surface area contributed by atoms with Gasteiger partial charge in [-0.1, -0.05) is 13.8 Å². The number of piperidine rings is 1. The number of nitrogens with one attached hydrogen (secondary N) is 4. The van der Waals surface area contributed by atoms with Gasteiger partial charge in [0.1, 0.15) is 0 Å². The maximum Gasteiger partial charge on any atom is 0.413 e. The van der Waals surface area contributed by atoms with Gasteiger partial charge in [0.2, 0.25) is 0 Å². The fourth-order valence-electron chi connectivity index (χ4n) is 2.99. The van der Waals surface area contributed by atoms with E-state index in [0.717, 1.165) is 13.0 Å². The zero-order valence-electron chi connectivity index (χ0n) is 14.4.